The van der Waals surface area contributed by atoms with E-state index in [4.69, 9.17) is 16.7 Å². The summed E-state index contributed by atoms with van der Waals surface area (Å²) >= 11 is 5.93. The topological polar surface area (TPSA) is 56.7 Å². The molecule has 128 valence electrons. The lowest BCUT2D eigenvalue weighted by Gasteiger charge is -2.38. The van der Waals surface area contributed by atoms with Gasteiger partial charge in [0.15, 0.2) is 0 Å². The van der Waals surface area contributed by atoms with Crippen molar-refractivity contribution in [2.75, 3.05) is 31.1 Å². The van der Waals surface area contributed by atoms with Crippen LogP contribution in [0, 0.1) is 0 Å². The summed E-state index contributed by atoms with van der Waals surface area (Å²) in [6.07, 6.45) is -3.22. The third-order valence-electron chi connectivity index (χ3n) is 3.88. The van der Waals surface area contributed by atoms with Gasteiger partial charge in [0.25, 0.3) is 0 Å². The number of alkyl halides is 3. The number of hydrogen-bond donors (Lipinski definition) is 1. The van der Waals surface area contributed by atoms with E-state index in [0.29, 0.717) is 38.4 Å². The summed E-state index contributed by atoms with van der Waals surface area (Å²) in [7, 11) is 0. The molecule has 1 aromatic heterocycles. The van der Waals surface area contributed by atoms with E-state index in [1.807, 2.05) is 4.90 Å². The van der Waals surface area contributed by atoms with Gasteiger partial charge >= 0.3 is 12.1 Å². The normalized spacial score (nSPS) is 18.0. The zero-order valence-corrected chi connectivity index (χ0v) is 13.2. The van der Waals surface area contributed by atoms with Crippen LogP contribution in [0.1, 0.15) is 18.9 Å². The summed E-state index contributed by atoms with van der Waals surface area (Å²) in [5.74, 6) is -0.575. The fourth-order valence-corrected chi connectivity index (χ4v) is 2.94. The van der Waals surface area contributed by atoms with Crippen LogP contribution in [-0.2, 0) is 11.0 Å². The van der Waals surface area contributed by atoms with Gasteiger partial charge in [-0.25, -0.2) is 4.98 Å². The molecule has 2 rings (SSSR count). The molecule has 1 aromatic rings. The second kappa shape index (κ2) is 6.92. The Morgan fingerprint density at radius 2 is 2.00 bits per heavy atom. The van der Waals surface area contributed by atoms with Crippen molar-refractivity contribution in [2.24, 2.45) is 0 Å². The van der Waals surface area contributed by atoms with Crippen LogP contribution in [0.25, 0.3) is 0 Å². The second-order valence-corrected chi connectivity index (χ2v) is 5.72. The number of aliphatic carboxylic acids is 1. The fraction of sp³-hybridized carbons (Fsp3) is 0.571. The number of anilines is 1. The van der Waals surface area contributed by atoms with Crippen LogP contribution in [0.5, 0.6) is 0 Å². The number of carboxylic acid groups (broad SMARTS) is 1. The average molecular weight is 352 g/mol. The van der Waals surface area contributed by atoms with Gasteiger partial charge in [0, 0.05) is 32.4 Å². The Labute approximate surface area is 136 Å². The van der Waals surface area contributed by atoms with Crippen molar-refractivity contribution in [3.8, 4) is 0 Å². The molecule has 0 bridgehead atoms. The lowest BCUT2D eigenvalue weighted by molar-refractivity contribution is -0.143. The molecule has 0 spiro atoms. The van der Waals surface area contributed by atoms with Gasteiger partial charge in [0.1, 0.15) is 11.9 Å². The maximum absolute atomic E-state index is 12.6. The Balaban J connectivity index is 2.07. The molecule has 23 heavy (non-hydrogen) atoms. The van der Waals surface area contributed by atoms with Crippen LogP contribution < -0.4 is 4.90 Å². The summed E-state index contributed by atoms with van der Waals surface area (Å²) in [5, 5.41) is 9.11. The standard InChI is InChI=1S/C14H17ClF3N3O2/c1-2-11(13(22)23)20-3-5-21(6-4-20)12-10(15)7-9(8-19-12)14(16,17)18/h7-8,11H,2-6H2,1H3,(H,22,23). The molecule has 1 atom stereocenters. The van der Waals surface area contributed by atoms with Gasteiger partial charge in [0.05, 0.1) is 10.6 Å². The zero-order chi connectivity index (χ0) is 17.2. The largest absolute Gasteiger partial charge is 0.480 e. The van der Waals surface area contributed by atoms with E-state index >= 15 is 0 Å². The zero-order valence-electron chi connectivity index (χ0n) is 12.5. The van der Waals surface area contributed by atoms with Gasteiger partial charge in [-0.15, -0.1) is 0 Å². The summed E-state index contributed by atoms with van der Waals surface area (Å²) < 4.78 is 37.9. The molecule has 1 aliphatic rings. The Bertz CT molecular complexity index is 575. The number of carbonyl (C=O) groups is 1. The van der Waals surface area contributed by atoms with E-state index < -0.39 is 23.8 Å². The first kappa shape index (κ1) is 17.8. The molecule has 2 heterocycles. The molecule has 9 heteroatoms. The highest BCUT2D eigenvalue weighted by atomic mass is 35.5. The number of piperazine rings is 1. The van der Waals surface area contributed by atoms with E-state index in [0.717, 1.165) is 12.3 Å². The quantitative estimate of drug-likeness (QED) is 0.904. The molecule has 5 nitrogen and oxygen atoms in total. The number of nitrogens with zero attached hydrogens (tertiary/aromatic N) is 3. The van der Waals surface area contributed by atoms with Crippen molar-refractivity contribution in [3.05, 3.63) is 22.8 Å². The Kier molecular flexibility index (Phi) is 5.36. The molecule has 0 radical (unpaired) electrons. The number of carboxylic acids is 1. The van der Waals surface area contributed by atoms with Crippen molar-refractivity contribution >= 4 is 23.4 Å². The predicted octanol–water partition coefficient (Wildman–Crippen LogP) is 2.74. The molecule has 0 aliphatic carbocycles. The second-order valence-electron chi connectivity index (χ2n) is 5.31. The molecule has 1 fully saturated rings. The first-order valence-electron chi connectivity index (χ1n) is 7.18. The molecular formula is C14H17ClF3N3O2. The number of halogens is 4. The minimum absolute atomic E-state index is 0.0569. The molecular weight excluding hydrogens is 335 g/mol. The third-order valence-corrected chi connectivity index (χ3v) is 4.15. The smallest absolute Gasteiger partial charge is 0.417 e. The van der Waals surface area contributed by atoms with E-state index in [9.17, 15) is 18.0 Å². The van der Waals surface area contributed by atoms with E-state index in [1.165, 1.54) is 0 Å². The van der Waals surface area contributed by atoms with Gasteiger partial charge in [-0.2, -0.15) is 13.2 Å². The fourth-order valence-electron chi connectivity index (χ4n) is 2.65. The van der Waals surface area contributed by atoms with Crippen molar-refractivity contribution < 1.29 is 23.1 Å². The van der Waals surface area contributed by atoms with Crippen LogP contribution in [0.15, 0.2) is 12.3 Å². The van der Waals surface area contributed by atoms with Crippen LogP contribution in [-0.4, -0.2) is 53.2 Å². The number of aromatic nitrogens is 1. The van der Waals surface area contributed by atoms with Gasteiger partial charge in [-0.05, 0) is 12.5 Å². The minimum Gasteiger partial charge on any atom is -0.480 e. The summed E-state index contributed by atoms with van der Waals surface area (Å²) in [5.41, 5.74) is -0.887. The lowest BCUT2D eigenvalue weighted by Crippen LogP contribution is -2.52. The number of hydrogen-bond acceptors (Lipinski definition) is 4. The van der Waals surface area contributed by atoms with Crippen LogP contribution >= 0.6 is 11.6 Å². The van der Waals surface area contributed by atoms with Crippen molar-refractivity contribution in [1.82, 2.24) is 9.88 Å². The Morgan fingerprint density at radius 3 is 2.43 bits per heavy atom. The predicted molar refractivity (Wildman–Crippen MR) is 79.7 cm³/mol. The van der Waals surface area contributed by atoms with Gasteiger partial charge in [-0.1, -0.05) is 18.5 Å². The van der Waals surface area contributed by atoms with Crippen LogP contribution in [0.3, 0.4) is 0 Å². The first-order valence-corrected chi connectivity index (χ1v) is 7.56. The summed E-state index contributed by atoms with van der Waals surface area (Å²) in [6.45, 7) is 3.71. The Hall–Kier alpha value is -1.54. The molecule has 0 amide bonds. The van der Waals surface area contributed by atoms with Crippen LogP contribution in [0.4, 0.5) is 19.0 Å². The average Bonchev–Trinajstić information content (AvgIpc) is 2.47. The van der Waals surface area contributed by atoms with Crippen molar-refractivity contribution in [2.45, 2.75) is 25.6 Å². The molecule has 1 N–H and O–H groups in total. The van der Waals surface area contributed by atoms with E-state index in [2.05, 4.69) is 4.98 Å². The Morgan fingerprint density at radius 1 is 1.39 bits per heavy atom. The van der Waals surface area contributed by atoms with E-state index in [1.54, 1.807) is 11.8 Å². The van der Waals surface area contributed by atoms with Crippen molar-refractivity contribution in [1.29, 1.82) is 0 Å². The highest BCUT2D eigenvalue weighted by Gasteiger charge is 2.33. The maximum Gasteiger partial charge on any atom is 0.417 e. The molecule has 1 saturated heterocycles. The lowest BCUT2D eigenvalue weighted by atomic mass is 10.1. The van der Waals surface area contributed by atoms with E-state index in [-0.39, 0.29) is 5.02 Å². The molecule has 0 saturated carbocycles. The first-order chi connectivity index (χ1) is 10.7. The summed E-state index contributed by atoms with van der Waals surface area (Å²) in [4.78, 5) is 18.6. The van der Waals surface area contributed by atoms with Gasteiger partial charge < -0.3 is 10.0 Å². The maximum atomic E-state index is 12.6. The number of rotatable bonds is 4. The van der Waals surface area contributed by atoms with Gasteiger partial charge in [-0.3, -0.25) is 9.69 Å². The van der Waals surface area contributed by atoms with Gasteiger partial charge in [0.2, 0.25) is 0 Å². The molecule has 1 aliphatic heterocycles. The van der Waals surface area contributed by atoms with Crippen LogP contribution in [0.2, 0.25) is 5.02 Å². The minimum atomic E-state index is -4.48. The van der Waals surface area contributed by atoms with Crippen molar-refractivity contribution in [3.63, 3.8) is 0 Å². The summed E-state index contributed by atoms with van der Waals surface area (Å²) in [6, 6.07) is 0.315. The third kappa shape index (κ3) is 4.06. The highest BCUT2D eigenvalue weighted by Crippen LogP contribution is 2.33. The SMILES string of the molecule is CCC(C(=O)O)N1CCN(c2ncc(C(F)(F)F)cc2Cl)CC1. The monoisotopic (exact) mass is 351 g/mol. The highest BCUT2D eigenvalue weighted by molar-refractivity contribution is 6.33. The molecule has 1 unspecified atom stereocenters. The number of pyridine rings is 1. The molecule has 0 aromatic carbocycles.